The molecule has 0 aliphatic carbocycles. The van der Waals surface area contributed by atoms with E-state index in [4.69, 9.17) is 4.74 Å². The Morgan fingerprint density at radius 3 is 2.56 bits per heavy atom. The molecule has 1 rings (SSSR count). The molecule has 0 aromatic heterocycles. The molecule has 4 heteroatoms. The summed E-state index contributed by atoms with van der Waals surface area (Å²) in [6, 6.07) is 0.497. The summed E-state index contributed by atoms with van der Waals surface area (Å²) in [5.41, 5.74) is 0. The van der Waals surface area contributed by atoms with Crippen molar-refractivity contribution in [1.82, 2.24) is 9.80 Å². The average Bonchev–Trinajstić information content (AvgIpc) is 2.33. The smallest absolute Gasteiger partial charge is 0.323 e. The molecule has 0 aromatic rings. The number of nitrogens with zero attached hydrogens (tertiary/aromatic N) is 2. The van der Waals surface area contributed by atoms with Gasteiger partial charge in [0, 0.05) is 12.6 Å². The molecule has 1 aliphatic rings. The summed E-state index contributed by atoms with van der Waals surface area (Å²) in [7, 11) is 1.48. The topological polar surface area (TPSA) is 32.8 Å². The van der Waals surface area contributed by atoms with Crippen LogP contribution in [0.15, 0.2) is 0 Å². The van der Waals surface area contributed by atoms with Crippen molar-refractivity contribution in [1.29, 1.82) is 0 Å². The monoisotopic (exact) mass is 256 g/mol. The van der Waals surface area contributed by atoms with E-state index >= 15 is 0 Å². The molecule has 0 saturated carbocycles. The molecule has 106 valence electrons. The number of carbonyl (C=O) groups excluding carboxylic acids is 1. The van der Waals surface area contributed by atoms with E-state index < -0.39 is 0 Å². The Balaban J connectivity index is 2.24. The van der Waals surface area contributed by atoms with Gasteiger partial charge in [-0.25, -0.2) is 0 Å². The molecular weight excluding hydrogens is 228 g/mol. The highest BCUT2D eigenvalue weighted by atomic mass is 16.5. The molecule has 4 nitrogen and oxygen atoms in total. The molecule has 0 N–H and O–H groups in total. The summed E-state index contributed by atoms with van der Waals surface area (Å²) >= 11 is 0. The number of esters is 1. The Morgan fingerprint density at radius 2 is 2.11 bits per heavy atom. The molecule has 0 spiro atoms. The summed E-state index contributed by atoms with van der Waals surface area (Å²) in [4.78, 5) is 16.2. The van der Waals surface area contributed by atoms with E-state index in [2.05, 4.69) is 30.6 Å². The highest BCUT2D eigenvalue weighted by molar-refractivity contribution is 5.76. The van der Waals surface area contributed by atoms with E-state index in [9.17, 15) is 4.79 Å². The Kier molecular flexibility index (Phi) is 6.65. The van der Waals surface area contributed by atoms with Crippen molar-refractivity contribution in [3.8, 4) is 0 Å². The van der Waals surface area contributed by atoms with E-state index in [1.807, 2.05) is 0 Å². The molecular formula is C14H28N2O2. The molecule has 2 atom stereocenters. The van der Waals surface area contributed by atoms with Crippen molar-refractivity contribution in [3.05, 3.63) is 0 Å². The van der Waals surface area contributed by atoms with E-state index in [0.717, 1.165) is 39.0 Å². The number of methoxy groups -OCH3 is 1. The van der Waals surface area contributed by atoms with E-state index in [1.165, 1.54) is 13.5 Å². The van der Waals surface area contributed by atoms with Gasteiger partial charge in [-0.1, -0.05) is 13.8 Å². The van der Waals surface area contributed by atoms with Gasteiger partial charge >= 0.3 is 5.97 Å². The second-order valence-corrected chi connectivity index (χ2v) is 5.08. The van der Waals surface area contributed by atoms with Crippen LogP contribution in [0.5, 0.6) is 0 Å². The number of carbonyl (C=O) groups is 1. The van der Waals surface area contributed by atoms with Gasteiger partial charge in [0.1, 0.15) is 6.04 Å². The third-order valence-electron chi connectivity index (χ3n) is 4.09. The van der Waals surface area contributed by atoms with Crippen LogP contribution in [0.4, 0.5) is 0 Å². The molecule has 1 saturated heterocycles. The fourth-order valence-corrected chi connectivity index (χ4v) is 2.64. The van der Waals surface area contributed by atoms with Crippen LogP contribution in [0.25, 0.3) is 0 Å². The zero-order valence-corrected chi connectivity index (χ0v) is 12.3. The lowest BCUT2D eigenvalue weighted by Crippen LogP contribution is -2.56. The minimum Gasteiger partial charge on any atom is -0.468 e. The predicted molar refractivity (Wildman–Crippen MR) is 73.6 cm³/mol. The summed E-state index contributed by atoms with van der Waals surface area (Å²) in [6.45, 7) is 11.1. The van der Waals surface area contributed by atoms with Gasteiger partial charge in [0.2, 0.25) is 0 Å². The van der Waals surface area contributed by atoms with Gasteiger partial charge in [-0.15, -0.1) is 0 Å². The highest BCUT2D eigenvalue weighted by Gasteiger charge is 2.37. The Hall–Kier alpha value is -0.610. The van der Waals surface area contributed by atoms with Gasteiger partial charge < -0.3 is 9.64 Å². The summed E-state index contributed by atoms with van der Waals surface area (Å²) < 4.78 is 4.82. The molecule has 0 aromatic carbocycles. The minimum atomic E-state index is -0.0724. The quantitative estimate of drug-likeness (QED) is 0.619. The Morgan fingerprint density at radius 1 is 1.44 bits per heavy atom. The lowest BCUT2D eigenvalue weighted by Gasteiger charge is -2.43. The number of ether oxygens (including phenoxy) is 1. The SMILES string of the molecule is CCN(CC)CCCC(C)N1CCC1C(=O)OC. The van der Waals surface area contributed by atoms with Gasteiger partial charge in [0.15, 0.2) is 0 Å². The van der Waals surface area contributed by atoms with Crippen LogP contribution < -0.4 is 0 Å². The third-order valence-corrected chi connectivity index (χ3v) is 4.09. The Labute approximate surface area is 111 Å². The molecule has 0 amide bonds. The lowest BCUT2D eigenvalue weighted by molar-refractivity contribution is -0.153. The molecule has 18 heavy (non-hydrogen) atoms. The lowest BCUT2D eigenvalue weighted by atomic mass is 9.98. The van der Waals surface area contributed by atoms with Crippen molar-refractivity contribution in [2.24, 2.45) is 0 Å². The zero-order chi connectivity index (χ0) is 13.5. The molecule has 1 aliphatic heterocycles. The normalized spacial score (nSPS) is 21.7. The predicted octanol–water partition coefficient (Wildman–Crippen LogP) is 1.74. The second-order valence-electron chi connectivity index (χ2n) is 5.08. The fourth-order valence-electron chi connectivity index (χ4n) is 2.64. The van der Waals surface area contributed by atoms with E-state index in [1.54, 1.807) is 0 Å². The van der Waals surface area contributed by atoms with Crippen LogP contribution in [0.1, 0.15) is 40.0 Å². The number of likely N-dealkylation sites (tertiary alicyclic amines) is 1. The first-order valence-corrected chi connectivity index (χ1v) is 7.19. The molecule has 1 heterocycles. The largest absolute Gasteiger partial charge is 0.468 e. The maximum absolute atomic E-state index is 11.5. The van der Waals surface area contributed by atoms with Crippen molar-refractivity contribution in [2.45, 2.75) is 52.1 Å². The van der Waals surface area contributed by atoms with E-state index in [0.29, 0.717) is 6.04 Å². The summed E-state index contributed by atoms with van der Waals surface area (Å²) in [5, 5.41) is 0. The zero-order valence-electron chi connectivity index (χ0n) is 12.3. The number of hydrogen-bond acceptors (Lipinski definition) is 4. The molecule has 2 unspecified atom stereocenters. The first-order chi connectivity index (χ1) is 8.63. The molecule has 1 fully saturated rings. The van der Waals surface area contributed by atoms with Crippen LogP contribution in [0.2, 0.25) is 0 Å². The van der Waals surface area contributed by atoms with Crippen molar-refractivity contribution in [3.63, 3.8) is 0 Å². The number of hydrogen-bond donors (Lipinski definition) is 0. The van der Waals surface area contributed by atoms with Gasteiger partial charge in [-0.05, 0) is 45.8 Å². The first-order valence-electron chi connectivity index (χ1n) is 7.19. The van der Waals surface area contributed by atoms with Crippen LogP contribution in [-0.2, 0) is 9.53 Å². The third kappa shape index (κ3) is 3.95. The standard InChI is InChI=1S/C14H28N2O2/c1-5-15(6-2)10-7-8-12(3)16-11-9-13(16)14(17)18-4/h12-13H,5-11H2,1-4H3. The fraction of sp³-hybridized carbons (Fsp3) is 0.929. The average molecular weight is 256 g/mol. The molecule has 0 radical (unpaired) electrons. The van der Waals surface area contributed by atoms with Crippen molar-refractivity contribution >= 4 is 5.97 Å². The van der Waals surface area contributed by atoms with Gasteiger partial charge in [0.05, 0.1) is 7.11 Å². The van der Waals surface area contributed by atoms with Crippen LogP contribution >= 0.6 is 0 Å². The molecule has 0 bridgehead atoms. The van der Waals surface area contributed by atoms with Gasteiger partial charge in [0.25, 0.3) is 0 Å². The second kappa shape index (κ2) is 7.74. The van der Waals surface area contributed by atoms with Gasteiger partial charge in [-0.2, -0.15) is 0 Å². The summed E-state index contributed by atoms with van der Waals surface area (Å²) in [6.07, 6.45) is 3.31. The summed E-state index contributed by atoms with van der Waals surface area (Å²) in [5.74, 6) is -0.0724. The van der Waals surface area contributed by atoms with Crippen molar-refractivity contribution < 1.29 is 9.53 Å². The van der Waals surface area contributed by atoms with Crippen LogP contribution in [-0.4, -0.2) is 61.1 Å². The minimum absolute atomic E-state index is 0.0125. The first kappa shape index (κ1) is 15.4. The maximum Gasteiger partial charge on any atom is 0.323 e. The number of rotatable bonds is 8. The van der Waals surface area contributed by atoms with Crippen molar-refractivity contribution in [2.75, 3.05) is 33.3 Å². The maximum atomic E-state index is 11.5. The van der Waals surface area contributed by atoms with E-state index in [-0.39, 0.29) is 12.0 Å². The Bertz CT molecular complexity index is 254. The highest BCUT2D eigenvalue weighted by Crippen LogP contribution is 2.23. The van der Waals surface area contributed by atoms with Crippen LogP contribution in [0.3, 0.4) is 0 Å². The van der Waals surface area contributed by atoms with Gasteiger partial charge in [-0.3, -0.25) is 9.69 Å². The van der Waals surface area contributed by atoms with Crippen LogP contribution in [0, 0.1) is 0 Å².